The number of allylic oxidation sites excluding steroid dienone is 2. The number of aryl methyl sites for hydroxylation is 1. The number of ether oxygens (including phenoxy) is 2. The first-order valence-corrected chi connectivity index (χ1v) is 13.4. The Morgan fingerprint density at radius 2 is 1.82 bits per heavy atom. The minimum Gasteiger partial charge on any atom is -0.463 e. The van der Waals surface area contributed by atoms with Crippen molar-refractivity contribution in [3.8, 4) is 0 Å². The van der Waals surface area contributed by atoms with Gasteiger partial charge in [-0.25, -0.2) is 0 Å². The van der Waals surface area contributed by atoms with Gasteiger partial charge in [-0.05, 0) is 89.5 Å². The largest absolute Gasteiger partial charge is 0.463 e. The van der Waals surface area contributed by atoms with Crippen LogP contribution in [0.4, 0.5) is 0 Å². The van der Waals surface area contributed by atoms with Crippen LogP contribution in [0.15, 0.2) is 42.5 Å². The zero-order chi connectivity index (χ0) is 25.8. The highest BCUT2D eigenvalue weighted by atomic mass is 16.5. The maximum atomic E-state index is 11.0. The molecule has 1 saturated carbocycles. The molecular weight excluding hydrogens is 424 g/mol. The monoisotopic (exact) mass is 476 g/mol. The summed E-state index contributed by atoms with van der Waals surface area (Å²) in [6.45, 7) is 12.0. The van der Waals surface area contributed by atoms with Crippen LogP contribution in [0.25, 0.3) is 0 Å². The maximum absolute atomic E-state index is 11.0. The summed E-state index contributed by atoms with van der Waals surface area (Å²) in [5.41, 5.74) is 1.32. The summed E-state index contributed by atoms with van der Waals surface area (Å²) >= 11 is 0. The summed E-state index contributed by atoms with van der Waals surface area (Å²) in [4.78, 5) is 11.0. The summed E-state index contributed by atoms with van der Waals surface area (Å²) < 4.78 is 10.4. The molecule has 4 nitrogen and oxygen atoms in total. The van der Waals surface area contributed by atoms with E-state index in [0.29, 0.717) is 12.5 Å². The van der Waals surface area contributed by atoms with Gasteiger partial charge in [-0.3, -0.25) is 4.79 Å². The molecule has 0 aromatic heterocycles. The Morgan fingerprint density at radius 3 is 2.38 bits per heavy atom. The van der Waals surface area contributed by atoms with E-state index < -0.39 is 0 Å². The minimum absolute atomic E-state index is 0.0132. The Morgan fingerprint density at radius 1 is 1.15 bits per heavy atom. The minimum atomic E-state index is -0.163. The third kappa shape index (κ3) is 16.1. The first-order chi connectivity index (χ1) is 16.3. The highest BCUT2D eigenvalue weighted by Crippen LogP contribution is 2.36. The molecule has 0 saturated heterocycles. The second-order valence-electron chi connectivity index (χ2n) is 9.32. The van der Waals surface area contributed by atoms with Crippen LogP contribution in [0.5, 0.6) is 0 Å². The molecule has 0 heterocycles. The lowest BCUT2D eigenvalue weighted by atomic mass is 9.91. The molecule has 4 atom stereocenters. The number of unbranched alkanes of at least 4 members (excludes halogenated alkanes) is 1. The van der Waals surface area contributed by atoms with E-state index in [1.807, 2.05) is 53.9 Å². The van der Waals surface area contributed by atoms with E-state index in [-0.39, 0.29) is 18.2 Å². The predicted octanol–water partition coefficient (Wildman–Crippen LogP) is 7.53. The highest BCUT2D eigenvalue weighted by molar-refractivity contribution is 5.69. The smallest absolute Gasteiger partial charge is 0.306 e. The van der Waals surface area contributed by atoms with Gasteiger partial charge in [-0.2, -0.15) is 0 Å². The van der Waals surface area contributed by atoms with Gasteiger partial charge in [-0.15, -0.1) is 0 Å². The number of hydrogen-bond acceptors (Lipinski definition) is 4. The van der Waals surface area contributed by atoms with Crippen LogP contribution in [0.2, 0.25) is 0 Å². The van der Waals surface area contributed by atoms with Crippen LogP contribution in [-0.4, -0.2) is 36.5 Å². The molecule has 1 aliphatic carbocycles. The SMILES string of the molecule is C/C=C\CCCC(=O)OC(C)C.CC.CO[C@@H]1CC(CC[C@@H](O)CCc2ccccc2)[C@H](C)C1. The highest BCUT2D eigenvalue weighted by Gasteiger charge is 2.31. The van der Waals surface area contributed by atoms with Crippen molar-refractivity contribution >= 4 is 5.97 Å². The maximum Gasteiger partial charge on any atom is 0.306 e. The van der Waals surface area contributed by atoms with Gasteiger partial charge in [-0.1, -0.05) is 63.3 Å². The van der Waals surface area contributed by atoms with Crippen LogP contribution < -0.4 is 0 Å². The van der Waals surface area contributed by atoms with Crippen molar-refractivity contribution in [2.24, 2.45) is 11.8 Å². The number of aliphatic hydroxyl groups is 1. The van der Waals surface area contributed by atoms with Crippen molar-refractivity contribution in [3.63, 3.8) is 0 Å². The topological polar surface area (TPSA) is 55.8 Å². The summed E-state index contributed by atoms with van der Waals surface area (Å²) in [7, 11) is 1.81. The van der Waals surface area contributed by atoms with E-state index in [9.17, 15) is 9.90 Å². The third-order valence-electron chi connectivity index (χ3n) is 6.17. The van der Waals surface area contributed by atoms with Gasteiger partial charge < -0.3 is 14.6 Å². The second kappa shape index (κ2) is 20.7. The summed E-state index contributed by atoms with van der Waals surface area (Å²) in [5.74, 6) is 1.38. The number of rotatable bonds is 12. The molecule has 1 aromatic rings. The number of methoxy groups -OCH3 is 1. The Bertz CT molecular complexity index is 626. The number of benzene rings is 1. The van der Waals surface area contributed by atoms with Crippen molar-refractivity contribution in [2.45, 2.75) is 118 Å². The molecule has 34 heavy (non-hydrogen) atoms. The van der Waals surface area contributed by atoms with E-state index in [1.165, 1.54) is 18.4 Å². The Balaban J connectivity index is 0.000000670. The molecule has 1 unspecified atom stereocenters. The van der Waals surface area contributed by atoms with Crippen molar-refractivity contribution < 1.29 is 19.4 Å². The van der Waals surface area contributed by atoms with E-state index in [1.54, 1.807) is 0 Å². The van der Waals surface area contributed by atoms with Crippen molar-refractivity contribution in [1.82, 2.24) is 0 Å². The fourth-order valence-electron chi connectivity index (χ4n) is 4.25. The molecule has 1 aliphatic rings. The quantitative estimate of drug-likeness (QED) is 0.192. The zero-order valence-electron chi connectivity index (χ0n) is 23.0. The van der Waals surface area contributed by atoms with Crippen molar-refractivity contribution in [1.29, 1.82) is 0 Å². The van der Waals surface area contributed by atoms with Gasteiger partial charge in [0.1, 0.15) is 0 Å². The number of hydrogen-bond donors (Lipinski definition) is 1. The molecular formula is C30H52O4. The zero-order valence-corrected chi connectivity index (χ0v) is 23.0. The number of esters is 1. The summed E-state index contributed by atoms with van der Waals surface area (Å²) in [5, 5.41) is 10.1. The van der Waals surface area contributed by atoms with Crippen LogP contribution in [0, 0.1) is 11.8 Å². The van der Waals surface area contributed by atoms with E-state index in [4.69, 9.17) is 9.47 Å². The fourth-order valence-corrected chi connectivity index (χ4v) is 4.25. The van der Waals surface area contributed by atoms with Crippen molar-refractivity contribution in [2.75, 3.05) is 7.11 Å². The lowest BCUT2D eigenvalue weighted by molar-refractivity contribution is -0.147. The number of aliphatic hydroxyl groups excluding tert-OH is 1. The van der Waals surface area contributed by atoms with Crippen LogP contribution in [-0.2, 0) is 20.7 Å². The molecule has 0 aliphatic heterocycles. The molecule has 0 bridgehead atoms. The van der Waals surface area contributed by atoms with Crippen LogP contribution in [0.3, 0.4) is 0 Å². The van der Waals surface area contributed by atoms with Gasteiger partial charge in [0.25, 0.3) is 0 Å². The third-order valence-corrected chi connectivity index (χ3v) is 6.17. The number of carbonyl (C=O) groups excluding carboxylic acids is 1. The van der Waals surface area contributed by atoms with Crippen molar-refractivity contribution in [3.05, 3.63) is 48.0 Å². The Kier molecular flexibility index (Phi) is 19.7. The van der Waals surface area contributed by atoms with Gasteiger partial charge in [0.2, 0.25) is 0 Å². The lowest BCUT2D eigenvalue weighted by Gasteiger charge is -2.17. The Labute approximate surface area is 210 Å². The van der Waals surface area contributed by atoms with Gasteiger partial charge in [0, 0.05) is 13.5 Å². The van der Waals surface area contributed by atoms with Crippen LogP contribution >= 0.6 is 0 Å². The second-order valence-corrected chi connectivity index (χ2v) is 9.32. The van der Waals surface area contributed by atoms with Gasteiger partial charge >= 0.3 is 5.97 Å². The van der Waals surface area contributed by atoms with Gasteiger partial charge in [0.05, 0.1) is 18.3 Å². The van der Waals surface area contributed by atoms with E-state index >= 15 is 0 Å². The fraction of sp³-hybridized carbons (Fsp3) is 0.700. The Hall–Kier alpha value is -1.65. The molecule has 0 spiro atoms. The average molecular weight is 477 g/mol. The van der Waals surface area contributed by atoms with E-state index in [2.05, 4.69) is 37.3 Å². The molecule has 4 heteroatoms. The molecule has 196 valence electrons. The first kappa shape index (κ1) is 32.4. The average Bonchev–Trinajstić information content (AvgIpc) is 3.20. The molecule has 1 aromatic carbocycles. The first-order valence-electron chi connectivity index (χ1n) is 13.4. The summed E-state index contributed by atoms with van der Waals surface area (Å²) in [6.07, 6.45) is 13.0. The number of carbonyl (C=O) groups is 1. The van der Waals surface area contributed by atoms with Crippen LogP contribution in [0.1, 0.15) is 98.5 Å². The molecule has 0 amide bonds. The van der Waals surface area contributed by atoms with E-state index in [0.717, 1.165) is 50.4 Å². The molecule has 0 radical (unpaired) electrons. The molecule has 2 rings (SSSR count). The normalized spacial score (nSPS) is 20.3. The predicted molar refractivity (Wildman–Crippen MR) is 144 cm³/mol. The summed E-state index contributed by atoms with van der Waals surface area (Å²) in [6, 6.07) is 10.4. The molecule has 1 fully saturated rings. The van der Waals surface area contributed by atoms with Gasteiger partial charge in [0.15, 0.2) is 0 Å². The lowest BCUT2D eigenvalue weighted by Crippen LogP contribution is -2.12. The standard InChI is InChI=1S/C18H28O2.C10H18O2.C2H6/c1-14-12-18(20-2)13-16(14)9-11-17(19)10-8-15-6-4-3-5-7-15;1-4-5-6-7-8-10(11)12-9(2)3;1-2/h3-7,14,16-19H,8-13H2,1-2H3;4-5,9H,6-8H2,1-3H3;1-2H3/b;5-4-;/t14-,16?,17+,18+;;/m1../s1. The molecule has 1 N–H and O–H groups in total.